The van der Waals surface area contributed by atoms with Crippen molar-refractivity contribution in [2.45, 2.75) is 13.1 Å². The van der Waals surface area contributed by atoms with Gasteiger partial charge in [0.1, 0.15) is 11.2 Å². The molecule has 0 aliphatic carbocycles. The molecule has 4 nitrogen and oxygen atoms in total. The van der Waals surface area contributed by atoms with E-state index in [1.54, 1.807) is 31.3 Å². The van der Waals surface area contributed by atoms with Gasteiger partial charge in [0.15, 0.2) is 0 Å². The number of allylic oxidation sites excluding steroid dienone is 1. The van der Waals surface area contributed by atoms with E-state index in [0.717, 1.165) is 12.1 Å². The fourth-order valence-electron chi connectivity index (χ4n) is 2.49. The number of aryl methyl sites for hydroxylation is 1. The van der Waals surface area contributed by atoms with Gasteiger partial charge in [0.2, 0.25) is 0 Å². The molecule has 0 bridgehead atoms. The van der Waals surface area contributed by atoms with E-state index in [1.807, 2.05) is 0 Å². The first-order valence-electron chi connectivity index (χ1n) is 7.77. The van der Waals surface area contributed by atoms with Crippen LogP contribution in [0.4, 0.5) is 13.2 Å². The standard InChI is InChI=1S/C19H12ClF3N4/c1-12-16(9-13(11-24)17-7-2-3-8-25-17)18(20)27(26-12)15-6-4-5-14(10-15)19(21,22)23/h2-10H,1H3. The molecule has 8 heteroatoms. The number of hydrogen-bond acceptors (Lipinski definition) is 3. The minimum Gasteiger partial charge on any atom is -0.256 e. The summed E-state index contributed by atoms with van der Waals surface area (Å²) >= 11 is 6.36. The number of benzene rings is 1. The van der Waals surface area contributed by atoms with E-state index in [2.05, 4.69) is 16.2 Å². The lowest BCUT2D eigenvalue weighted by atomic mass is 10.1. The lowest BCUT2D eigenvalue weighted by molar-refractivity contribution is -0.137. The monoisotopic (exact) mass is 388 g/mol. The molecule has 27 heavy (non-hydrogen) atoms. The molecule has 0 unspecified atom stereocenters. The Hall–Kier alpha value is -3.11. The Morgan fingerprint density at radius 2 is 2.00 bits per heavy atom. The molecule has 2 aromatic heterocycles. The molecule has 2 heterocycles. The summed E-state index contributed by atoms with van der Waals surface area (Å²) in [7, 11) is 0. The van der Waals surface area contributed by atoms with E-state index >= 15 is 0 Å². The molecule has 0 aliphatic heterocycles. The third-order valence-electron chi connectivity index (χ3n) is 3.82. The zero-order valence-electron chi connectivity index (χ0n) is 14.0. The normalized spacial score (nSPS) is 12.1. The second kappa shape index (κ2) is 7.25. The van der Waals surface area contributed by atoms with Crippen molar-refractivity contribution < 1.29 is 13.2 Å². The van der Waals surface area contributed by atoms with Crippen LogP contribution >= 0.6 is 11.6 Å². The lowest BCUT2D eigenvalue weighted by Gasteiger charge is -2.09. The van der Waals surface area contributed by atoms with Crippen molar-refractivity contribution in [2.75, 3.05) is 0 Å². The smallest absolute Gasteiger partial charge is 0.256 e. The summed E-state index contributed by atoms with van der Waals surface area (Å²) in [6.45, 7) is 1.66. The van der Waals surface area contributed by atoms with Crippen LogP contribution in [-0.4, -0.2) is 14.8 Å². The number of aromatic nitrogens is 3. The first-order valence-corrected chi connectivity index (χ1v) is 8.15. The van der Waals surface area contributed by atoms with Crippen LogP contribution in [-0.2, 0) is 6.18 Å². The summed E-state index contributed by atoms with van der Waals surface area (Å²) < 4.78 is 40.1. The van der Waals surface area contributed by atoms with Crippen LogP contribution < -0.4 is 0 Å². The van der Waals surface area contributed by atoms with Gasteiger partial charge in [-0.15, -0.1) is 0 Å². The Labute approximate surface area is 158 Å². The highest BCUT2D eigenvalue weighted by atomic mass is 35.5. The largest absolute Gasteiger partial charge is 0.416 e. The molecule has 136 valence electrons. The molecule has 0 amide bonds. The van der Waals surface area contributed by atoms with Gasteiger partial charge in [0, 0.05) is 11.8 Å². The third-order valence-corrected chi connectivity index (χ3v) is 4.18. The molecular formula is C19H12ClF3N4. The van der Waals surface area contributed by atoms with Crippen LogP contribution in [0.3, 0.4) is 0 Å². The van der Waals surface area contributed by atoms with Crippen LogP contribution in [0.1, 0.15) is 22.5 Å². The van der Waals surface area contributed by atoms with Crippen molar-refractivity contribution in [1.29, 1.82) is 5.26 Å². The highest BCUT2D eigenvalue weighted by molar-refractivity contribution is 6.31. The Kier molecular flexibility index (Phi) is 5.02. The molecule has 0 N–H and O–H groups in total. The molecule has 0 fully saturated rings. The lowest BCUT2D eigenvalue weighted by Crippen LogP contribution is -2.06. The van der Waals surface area contributed by atoms with Gasteiger partial charge in [0.05, 0.1) is 28.2 Å². The number of nitriles is 1. The molecule has 0 saturated carbocycles. The Morgan fingerprint density at radius 1 is 1.22 bits per heavy atom. The van der Waals surface area contributed by atoms with Gasteiger partial charge in [-0.05, 0) is 43.3 Å². The predicted molar refractivity (Wildman–Crippen MR) is 96.0 cm³/mol. The van der Waals surface area contributed by atoms with E-state index in [4.69, 9.17) is 11.6 Å². The van der Waals surface area contributed by atoms with Gasteiger partial charge >= 0.3 is 6.18 Å². The van der Waals surface area contributed by atoms with Crippen LogP contribution in [0, 0.1) is 18.3 Å². The van der Waals surface area contributed by atoms with E-state index in [-0.39, 0.29) is 16.4 Å². The number of hydrogen-bond donors (Lipinski definition) is 0. The highest BCUT2D eigenvalue weighted by Gasteiger charge is 2.30. The highest BCUT2D eigenvalue weighted by Crippen LogP contribution is 2.32. The van der Waals surface area contributed by atoms with Gasteiger partial charge in [-0.3, -0.25) is 4.98 Å². The van der Waals surface area contributed by atoms with Crippen molar-refractivity contribution in [2.24, 2.45) is 0 Å². The van der Waals surface area contributed by atoms with Crippen molar-refractivity contribution in [1.82, 2.24) is 14.8 Å². The average molecular weight is 389 g/mol. The van der Waals surface area contributed by atoms with Crippen molar-refractivity contribution in [3.05, 3.63) is 76.3 Å². The summed E-state index contributed by atoms with van der Waals surface area (Å²) in [5.74, 6) is 0. The fourth-order valence-corrected chi connectivity index (χ4v) is 2.82. The summed E-state index contributed by atoms with van der Waals surface area (Å²) in [6.07, 6.45) is -1.39. The quantitative estimate of drug-likeness (QED) is 0.571. The minimum absolute atomic E-state index is 0.107. The first-order chi connectivity index (χ1) is 12.8. The topological polar surface area (TPSA) is 54.5 Å². The second-order valence-electron chi connectivity index (χ2n) is 5.63. The maximum absolute atomic E-state index is 13.0. The molecule has 0 spiro atoms. The van der Waals surface area contributed by atoms with Gasteiger partial charge in [-0.25, -0.2) is 4.68 Å². The maximum atomic E-state index is 13.0. The van der Waals surface area contributed by atoms with Crippen LogP contribution in [0.15, 0.2) is 48.7 Å². The van der Waals surface area contributed by atoms with Gasteiger partial charge < -0.3 is 0 Å². The predicted octanol–water partition coefficient (Wildman–Crippen LogP) is 5.31. The number of nitrogens with zero attached hydrogens (tertiary/aromatic N) is 4. The SMILES string of the molecule is Cc1nn(-c2cccc(C(F)(F)F)c2)c(Cl)c1C=C(C#N)c1ccccn1. The maximum Gasteiger partial charge on any atom is 0.416 e. The van der Waals surface area contributed by atoms with Crippen molar-refractivity contribution >= 4 is 23.3 Å². The van der Waals surface area contributed by atoms with E-state index < -0.39 is 11.7 Å². The molecule has 3 rings (SSSR count). The molecule has 3 aromatic rings. The van der Waals surface area contributed by atoms with E-state index in [0.29, 0.717) is 17.0 Å². The molecule has 0 radical (unpaired) electrons. The van der Waals surface area contributed by atoms with Crippen LogP contribution in [0.5, 0.6) is 0 Å². The zero-order chi connectivity index (χ0) is 19.6. The Balaban J connectivity index is 2.09. The number of halogens is 4. The fraction of sp³-hybridized carbons (Fsp3) is 0.105. The molecule has 0 aliphatic rings. The summed E-state index contributed by atoms with van der Waals surface area (Å²) in [6, 6.07) is 11.9. The molecule has 0 saturated heterocycles. The molecular weight excluding hydrogens is 377 g/mol. The van der Waals surface area contributed by atoms with Gasteiger partial charge in [-0.2, -0.15) is 23.5 Å². The zero-order valence-corrected chi connectivity index (χ0v) is 14.8. The van der Waals surface area contributed by atoms with Crippen molar-refractivity contribution in [3.8, 4) is 11.8 Å². The van der Waals surface area contributed by atoms with E-state index in [1.165, 1.54) is 22.9 Å². The van der Waals surface area contributed by atoms with Crippen molar-refractivity contribution in [3.63, 3.8) is 0 Å². The number of pyridine rings is 1. The van der Waals surface area contributed by atoms with E-state index in [9.17, 15) is 18.4 Å². The summed E-state index contributed by atoms with van der Waals surface area (Å²) in [5, 5.41) is 13.8. The summed E-state index contributed by atoms with van der Waals surface area (Å²) in [5.41, 5.74) is 1.02. The minimum atomic E-state index is -4.47. The number of rotatable bonds is 3. The summed E-state index contributed by atoms with van der Waals surface area (Å²) in [4.78, 5) is 4.12. The number of alkyl halides is 3. The first kappa shape index (κ1) is 18.7. The van der Waals surface area contributed by atoms with Gasteiger partial charge in [0.25, 0.3) is 0 Å². The molecule has 1 aromatic carbocycles. The third kappa shape index (κ3) is 3.86. The average Bonchev–Trinajstić information content (AvgIpc) is 2.94. The van der Waals surface area contributed by atoms with Gasteiger partial charge in [-0.1, -0.05) is 23.7 Å². The Bertz CT molecular complexity index is 1050. The van der Waals surface area contributed by atoms with Crippen LogP contribution in [0.25, 0.3) is 17.3 Å². The molecule has 0 atom stereocenters. The second-order valence-corrected chi connectivity index (χ2v) is 5.99. The van der Waals surface area contributed by atoms with Crippen LogP contribution in [0.2, 0.25) is 5.15 Å². The Morgan fingerprint density at radius 3 is 2.63 bits per heavy atom.